The lowest BCUT2D eigenvalue weighted by Gasteiger charge is -2.34. The van der Waals surface area contributed by atoms with Gasteiger partial charge in [-0.1, -0.05) is 94.0 Å². The Kier molecular flexibility index (Phi) is 39.0. The van der Waals surface area contributed by atoms with E-state index in [1.165, 1.54) is 22.3 Å². The summed E-state index contributed by atoms with van der Waals surface area (Å²) >= 11 is 0. The highest BCUT2D eigenvalue weighted by molar-refractivity contribution is 5.79. The first kappa shape index (κ1) is 60.7. The van der Waals surface area contributed by atoms with E-state index >= 15 is 0 Å². The third-order valence-electron chi connectivity index (χ3n) is 9.69. The van der Waals surface area contributed by atoms with Crippen molar-refractivity contribution in [1.29, 1.82) is 0 Å². The minimum Gasteiger partial charge on any atom is -0.467 e. The molecule has 4 N–H and O–H groups in total. The van der Waals surface area contributed by atoms with Crippen molar-refractivity contribution in [3.05, 3.63) is 59.7 Å². The van der Waals surface area contributed by atoms with Crippen LogP contribution >= 0.6 is 0 Å². The number of carbonyl (C=O) groups is 4. The van der Waals surface area contributed by atoms with Gasteiger partial charge < -0.3 is 54.4 Å². The molecule has 3 rings (SSSR count). The van der Waals surface area contributed by atoms with Crippen LogP contribution in [0.2, 0.25) is 0 Å². The number of benzene rings is 2. The Balaban J connectivity index is 0.00000163. The zero-order chi connectivity index (χ0) is 48.9. The smallest absolute Gasteiger partial charge is 0.293 e. The number of rotatable bonds is 34. The molecule has 0 unspecified atom stereocenters. The van der Waals surface area contributed by atoms with E-state index in [4.69, 9.17) is 52.4 Å². The van der Waals surface area contributed by atoms with Gasteiger partial charge in [0, 0.05) is 50.4 Å². The van der Waals surface area contributed by atoms with Crippen molar-refractivity contribution in [2.45, 2.75) is 77.7 Å². The molecule has 0 spiro atoms. The lowest BCUT2D eigenvalue weighted by Crippen LogP contribution is -2.46. The Morgan fingerprint density at radius 1 is 0.561 bits per heavy atom. The third kappa shape index (κ3) is 27.9. The van der Waals surface area contributed by atoms with E-state index in [1.807, 2.05) is 52.0 Å². The summed E-state index contributed by atoms with van der Waals surface area (Å²) in [6.07, 6.45) is 17.3. The monoisotopic (exact) mass is 921 g/mol. The summed E-state index contributed by atoms with van der Waals surface area (Å²) in [5, 5.41) is 11.8. The first-order valence-electron chi connectivity index (χ1n) is 22.8. The Labute approximate surface area is 394 Å². The van der Waals surface area contributed by atoms with Crippen molar-refractivity contribution in [3.63, 3.8) is 0 Å². The van der Waals surface area contributed by atoms with Gasteiger partial charge in [-0.25, -0.2) is 0 Å². The largest absolute Gasteiger partial charge is 0.467 e. The number of fused-ring (bicyclic) bond motifs is 3. The van der Waals surface area contributed by atoms with E-state index in [0.29, 0.717) is 111 Å². The molecule has 0 aliphatic heterocycles. The van der Waals surface area contributed by atoms with Gasteiger partial charge in [-0.2, -0.15) is 0 Å². The zero-order valence-electron chi connectivity index (χ0n) is 40.1. The van der Waals surface area contributed by atoms with E-state index in [1.54, 1.807) is 7.05 Å². The third-order valence-corrected chi connectivity index (χ3v) is 9.69. The van der Waals surface area contributed by atoms with Gasteiger partial charge in [0.05, 0.1) is 59.5 Å². The first-order chi connectivity index (χ1) is 32.3. The van der Waals surface area contributed by atoms with Crippen molar-refractivity contribution in [2.75, 3.05) is 113 Å². The molecule has 1 aliphatic rings. The number of terminal acetylenes is 3. The van der Waals surface area contributed by atoms with Gasteiger partial charge in [0.2, 0.25) is 17.7 Å². The molecule has 2 aromatic carbocycles. The van der Waals surface area contributed by atoms with Crippen LogP contribution in [0.5, 0.6) is 0 Å². The summed E-state index contributed by atoms with van der Waals surface area (Å²) < 4.78 is 36.6. The van der Waals surface area contributed by atoms with Crippen LogP contribution < -0.4 is 21.3 Å². The van der Waals surface area contributed by atoms with E-state index < -0.39 is 5.54 Å². The maximum Gasteiger partial charge on any atom is 0.293 e. The van der Waals surface area contributed by atoms with Crippen molar-refractivity contribution < 1.29 is 52.3 Å². The Morgan fingerprint density at radius 3 is 1.21 bits per heavy atom. The second-order valence-electron chi connectivity index (χ2n) is 13.8. The Morgan fingerprint density at radius 2 is 0.894 bits per heavy atom. The molecule has 0 saturated heterocycles. The summed E-state index contributed by atoms with van der Waals surface area (Å²) in [6, 6.07) is 16.6. The SMILES string of the molecule is C#CCOCCOCCNC(=O)CCC(CCC(=O)NCCOCCOCC#C)(CCC(=O)NCCOCCOCC#C)NC.CC.CC.O=COCC1c2ccccc2-c2ccccc21. The Hall–Kier alpha value is -5.28. The van der Waals surface area contributed by atoms with Crippen LogP contribution in [0.4, 0.5) is 0 Å². The molecule has 0 aromatic heterocycles. The van der Waals surface area contributed by atoms with E-state index in [-0.39, 0.29) is 62.7 Å². The van der Waals surface area contributed by atoms with Gasteiger partial charge in [0.1, 0.15) is 26.4 Å². The molecule has 0 heterocycles. The average molecular weight is 921 g/mol. The number of carbonyl (C=O) groups excluding carboxylic acids is 4. The quantitative estimate of drug-likeness (QED) is 0.0434. The topological polar surface area (TPSA) is 181 Å². The standard InChI is InChI=1S/C32H52N4O9.C15H12O2.2C2H6/c1-5-17-40-23-26-43-20-14-34-29(37)8-11-32(33-4,12-9-30(38)35-15-21-44-27-24-41-18-6-2)13-10-31(39)36-16-22-45-28-25-42-19-7-3;16-10-17-9-15-13-7-3-1-5-11(13)12-6-2-4-8-14(12)15;2*1-2/h1-3,33H,8-28H2,4H3,(H,34,37)(H,35,38)(H,36,39);1-8,10,15H,9H2;2*1-2H3. The van der Waals surface area contributed by atoms with Gasteiger partial charge >= 0.3 is 0 Å². The first-order valence-corrected chi connectivity index (χ1v) is 22.8. The molecule has 66 heavy (non-hydrogen) atoms. The van der Waals surface area contributed by atoms with Crippen LogP contribution in [0.25, 0.3) is 11.1 Å². The lowest BCUT2D eigenvalue weighted by atomic mass is 9.83. The highest BCUT2D eigenvalue weighted by atomic mass is 16.5. The molecule has 366 valence electrons. The van der Waals surface area contributed by atoms with Crippen LogP contribution in [-0.4, -0.2) is 142 Å². The molecule has 0 radical (unpaired) electrons. The second-order valence-corrected chi connectivity index (χ2v) is 13.8. The molecule has 1 aliphatic carbocycles. The fourth-order valence-corrected chi connectivity index (χ4v) is 6.49. The molecule has 15 nitrogen and oxygen atoms in total. The highest BCUT2D eigenvalue weighted by Gasteiger charge is 2.31. The maximum atomic E-state index is 12.6. The normalized spacial score (nSPS) is 10.9. The van der Waals surface area contributed by atoms with Crippen molar-refractivity contribution in [1.82, 2.24) is 21.3 Å². The fraction of sp³-hybridized carbons (Fsp3) is 0.569. The average Bonchev–Trinajstić information content (AvgIpc) is 3.67. The van der Waals surface area contributed by atoms with Gasteiger partial charge in [-0.15, -0.1) is 19.3 Å². The van der Waals surface area contributed by atoms with Crippen molar-refractivity contribution >= 4 is 24.2 Å². The molecule has 2 aromatic rings. The van der Waals surface area contributed by atoms with Crippen molar-refractivity contribution in [2.24, 2.45) is 0 Å². The van der Waals surface area contributed by atoms with Crippen LogP contribution in [-0.2, 0) is 52.3 Å². The molecular formula is C51H76N4O11. The number of hydrogen-bond donors (Lipinski definition) is 4. The van der Waals surface area contributed by atoms with Gasteiger partial charge in [0.25, 0.3) is 6.47 Å². The van der Waals surface area contributed by atoms with Gasteiger partial charge in [0.15, 0.2) is 0 Å². The van der Waals surface area contributed by atoms with Crippen LogP contribution in [0.3, 0.4) is 0 Å². The highest BCUT2D eigenvalue weighted by Crippen LogP contribution is 2.44. The number of ether oxygens (including phenoxy) is 7. The maximum absolute atomic E-state index is 12.6. The predicted molar refractivity (Wildman–Crippen MR) is 258 cm³/mol. The molecular weight excluding hydrogens is 845 g/mol. The second kappa shape index (κ2) is 42.4. The summed E-state index contributed by atoms with van der Waals surface area (Å²) in [7, 11) is 1.77. The van der Waals surface area contributed by atoms with E-state index in [2.05, 4.69) is 63.3 Å². The molecule has 0 bridgehead atoms. The van der Waals surface area contributed by atoms with E-state index in [0.717, 1.165) is 0 Å². The summed E-state index contributed by atoms with van der Waals surface area (Å²) in [5.74, 6) is 6.85. The van der Waals surface area contributed by atoms with Gasteiger partial charge in [-0.3, -0.25) is 19.2 Å². The summed E-state index contributed by atoms with van der Waals surface area (Å²) in [5.41, 5.74) is 4.38. The van der Waals surface area contributed by atoms with Crippen LogP contribution in [0.1, 0.15) is 83.3 Å². The van der Waals surface area contributed by atoms with Crippen LogP contribution in [0.15, 0.2) is 48.5 Å². The molecule has 15 heteroatoms. The summed E-state index contributed by atoms with van der Waals surface area (Å²) in [6.45, 7) is 14.0. The number of hydrogen-bond acceptors (Lipinski definition) is 12. The lowest BCUT2D eigenvalue weighted by molar-refractivity contribution is -0.129. The van der Waals surface area contributed by atoms with Gasteiger partial charge in [-0.05, 0) is 48.6 Å². The molecule has 0 atom stereocenters. The molecule has 0 saturated carbocycles. The van der Waals surface area contributed by atoms with Crippen molar-refractivity contribution in [3.8, 4) is 48.2 Å². The van der Waals surface area contributed by atoms with E-state index in [9.17, 15) is 19.2 Å². The number of nitrogens with one attached hydrogen (secondary N) is 4. The Bertz CT molecular complexity index is 1560. The summed E-state index contributed by atoms with van der Waals surface area (Å²) in [4.78, 5) is 48.1. The minimum absolute atomic E-state index is 0.151. The zero-order valence-corrected chi connectivity index (χ0v) is 40.1. The fourth-order valence-electron chi connectivity index (χ4n) is 6.49. The van der Waals surface area contributed by atoms with Crippen LogP contribution in [0, 0.1) is 37.0 Å². The minimum atomic E-state index is -0.618. The predicted octanol–water partition coefficient (Wildman–Crippen LogP) is 4.66. The molecule has 3 amide bonds. The number of amides is 3. The molecule has 0 fully saturated rings.